The molecule has 3 aliphatic rings. The number of nitrogens with one attached hydrogen (secondary N) is 1. The van der Waals surface area contributed by atoms with Crippen molar-refractivity contribution in [2.24, 2.45) is 17.3 Å². The first kappa shape index (κ1) is 9.17. The number of ether oxygens (including phenoxy) is 1. The third kappa shape index (κ3) is 1.49. The van der Waals surface area contributed by atoms with E-state index in [0.29, 0.717) is 5.41 Å². The molecule has 3 unspecified atom stereocenters. The van der Waals surface area contributed by atoms with Gasteiger partial charge in [0.15, 0.2) is 0 Å². The van der Waals surface area contributed by atoms with E-state index in [1.165, 1.54) is 32.2 Å². The van der Waals surface area contributed by atoms with Crippen molar-refractivity contribution in [3.8, 4) is 0 Å². The number of rotatable bonds is 3. The summed E-state index contributed by atoms with van der Waals surface area (Å²) in [6.45, 7) is 5.42. The van der Waals surface area contributed by atoms with Gasteiger partial charge in [-0.1, -0.05) is 13.3 Å². The fourth-order valence-corrected chi connectivity index (χ4v) is 3.42. The number of hydrogen-bond donors (Lipinski definition) is 1. The summed E-state index contributed by atoms with van der Waals surface area (Å²) in [6.07, 6.45) is 5.94. The van der Waals surface area contributed by atoms with Gasteiger partial charge in [-0.25, -0.2) is 0 Å². The molecule has 3 rings (SSSR count). The summed E-state index contributed by atoms with van der Waals surface area (Å²) < 4.78 is 5.28. The zero-order valence-electron chi connectivity index (χ0n) is 9.09. The zero-order chi connectivity index (χ0) is 9.60. The molecule has 1 aliphatic heterocycles. The van der Waals surface area contributed by atoms with Crippen LogP contribution in [0.3, 0.4) is 0 Å². The molecule has 0 amide bonds. The minimum atomic E-state index is 0.446. The molecule has 1 heterocycles. The van der Waals surface area contributed by atoms with E-state index in [1.54, 1.807) is 0 Å². The van der Waals surface area contributed by atoms with Crippen molar-refractivity contribution in [1.29, 1.82) is 0 Å². The Hall–Kier alpha value is -0.0800. The first-order chi connectivity index (χ1) is 6.75. The molecule has 0 aromatic heterocycles. The molecule has 0 aromatic rings. The van der Waals surface area contributed by atoms with Gasteiger partial charge in [0.2, 0.25) is 0 Å². The van der Waals surface area contributed by atoms with Gasteiger partial charge >= 0.3 is 0 Å². The molecule has 3 fully saturated rings. The van der Waals surface area contributed by atoms with Gasteiger partial charge < -0.3 is 10.1 Å². The maximum absolute atomic E-state index is 5.28. The predicted octanol–water partition coefficient (Wildman–Crippen LogP) is 1.80. The average molecular weight is 195 g/mol. The standard InChI is InChI=1S/C12H21NO/c1-12(7-14-8-12)6-13-11-5-9-2-3-10(11)4-9/h9-11,13H,2-8H2,1H3. The summed E-state index contributed by atoms with van der Waals surface area (Å²) in [5, 5.41) is 3.78. The fraction of sp³-hybridized carbons (Fsp3) is 1.00. The molecule has 3 atom stereocenters. The molecule has 2 bridgehead atoms. The van der Waals surface area contributed by atoms with Crippen LogP contribution in [0.5, 0.6) is 0 Å². The Morgan fingerprint density at radius 1 is 1.29 bits per heavy atom. The van der Waals surface area contributed by atoms with Gasteiger partial charge in [0.25, 0.3) is 0 Å². The molecule has 14 heavy (non-hydrogen) atoms. The number of fused-ring (bicyclic) bond motifs is 2. The van der Waals surface area contributed by atoms with Gasteiger partial charge in [-0.05, 0) is 31.1 Å². The Morgan fingerprint density at radius 2 is 2.14 bits per heavy atom. The lowest BCUT2D eigenvalue weighted by atomic mass is 9.87. The minimum absolute atomic E-state index is 0.446. The summed E-state index contributed by atoms with van der Waals surface area (Å²) in [5.41, 5.74) is 0.446. The van der Waals surface area contributed by atoms with Crippen molar-refractivity contribution in [1.82, 2.24) is 5.32 Å². The smallest absolute Gasteiger partial charge is 0.0554 e. The third-order valence-corrected chi connectivity index (χ3v) is 4.43. The van der Waals surface area contributed by atoms with E-state index < -0.39 is 0 Å². The Morgan fingerprint density at radius 3 is 2.64 bits per heavy atom. The monoisotopic (exact) mass is 195 g/mol. The molecule has 2 aliphatic carbocycles. The van der Waals surface area contributed by atoms with Gasteiger partial charge in [0.05, 0.1) is 13.2 Å². The maximum Gasteiger partial charge on any atom is 0.0554 e. The van der Waals surface area contributed by atoms with Crippen molar-refractivity contribution in [3.63, 3.8) is 0 Å². The molecule has 2 saturated carbocycles. The van der Waals surface area contributed by atoms with Crippen LogP contribution >= 0.6 is 0 Å². The lowest BCUT2D eigenvalue weighted by Gasteiger charge is -2.39. The second kappa shape index (κ2) is 3.21. The van der Waals surface area contributed by atoms with Crippen molar-refractivity contribution >= 4 is 0 Å². The van der Waals surface area contributed by atoms with Crippen LogP contribution in [0.15, 0.2) is 0 Å². The van der Waals surface area contributed by atoms with Crippen LogP contribution in [0.1, 0.15) is 32.6 Å². The van der Waals surface area contributed by atoms with Gasteiger partial charge in [0, 0.05) is 18.0 Å². The SMILES string of the molecule is CC1(CNC2CC3CCC2C3)COC1. The molecule has 2 heteroatoms. The molecule has 0 spiro atoms. The van der Waals surface area contributed by atoms with Crippen LogP contribution in [0, 0.1) is 17.3 Å². The lowest BCUT2D eigenvalue weighted by Crippen LogP contribution is -2.50. The Bertz CT molecular complexity index is 224. The molecule has 2 nitrogen and oxygen atoms in total. The van der Waals surface area contributed by atoms with Gasteiger partial charge in [0.1, 0.15) is 0 Å². The van der Waals surface area contributed by atoms with Gasteiger partial charge in [-0.2, -0.15) is 0 Å². The first-order valence-corrected chi connectivity index (χ1v) is 6.06. The highest BCUT2D eigenvalue weighted by molar-refractivity contribution is 4.95. The van der Waals surface area contributed by atoms with E-state index in [2.05, 4.69) is 12.2 Å². The van der Waals surface area contributed by atoms with E-state index in [1.807, 2.05) is 0 Å². The molecule has 80 valence electrons. The van der Waals surface area contributed by atoms with Gasteiger partial charge in [-0.3, -0.25) is 0 Å². The van der Waals surface area contributed by atoms with Crippen molar-refractivity contribution in [2.75, 3.05) is 19.8 Å². The van der Waals surface area contributed by atoms with Crippen LogP contribution in [-0.4, -0.2) is 25.8 Å². The van der Waals surface area contributed by atoms with E-state index in [0.717, 1.165) is 31.1 Å². The summed E-state index contributed by atoms with van der Waals surface area (Å²) >= 11 is 0. The fourth-order valence-electron chi connectivity index (χ4n) is 3.42. The number of hydrogen-bond acceptors (Lipinski definition) is 2. The molecule has 0 aromatic carbocycles. The largest absolute Gasteiger partial charge is 0.380 e. The van der Waals surface area contributed by atoms with Crippen LogP contribution in [0.4, 0.5) is 0 Å². The Balaban J connectivity index is 1.49. The lowest BCUT2D eigenvalue weighted by molar-refractivity contribution is -0.100. The second-order valence-corrected chi connectivity index (χ2v) is 5.97. The van der Waals surface area contributed by atoms with Crippen molar-refractivity contribution in [3.05, 3.63) is 0 Å². The summed E-state index contributed by atoms with van der Waals surface area (Å²) in [4.78, 5) is 0. The van der Waals surface area contributed by atoms with Crippen LogP contribution in [0.25, 0.3) is 0 Å². The van der Waals surface area contributed by atoms with E-state index in [9.17, 15) is 0 Å². The quantitative estimate of drug-likeness (QED) is 0.741. The summed E-state index contributed by atoms with van der Waals surface area (Å²) in [6, 6.07) is 0.839. The average Bonchev–Trinajstić information content (AvgIpc) is 2.72. The third-order valence-electron chi connectivity index (χ3n) is 4.43. The first-order valence-electron chi connectivity index (χ1n) is 6.06. The Kier molecular flexibility index (Phi) is 2.10. The van der Waals surface area contributed by atoms with Crippen LogP contribution < -0.4 is 5.32 Å². The zero-order valence-corrected chi connectivity index (χ0v) is 9.09. The van der Waals surface area contributed by atoms with Crippen LogP contribution in [0.2, 0.25) is 0 Å². The molecular formula is C12H21NO. The van der Waals surface area contributed by atoms with E-state index in [4.69, 9.17) is 4.74 Å². The Labute approximate surface area is 86.4 Å². The summed E-state index contributed by atoms with van der Waals surface area (Å²) in [5.74, 6) is 2.06. The second-order valence-electron chi connectivity index (χ2n) is 5.97. The molecule has 0 radical (unpaired) electrons. The normalized spacial score (nSPS) is 43.9. The maximum atomic E-state index is 5.28. The highest BCUT2D eigenvalue weighted by atomic mass is 16.5. The molecule has 1 saturated heterocycles. The minimum Gasteiger partial charge on any atom is -0.380 e. The predicted molar refractivity (Wildman–Crippen MR) is 56.2 cm³/mol. The van der Waals surface area contributed by atoms with E-state index >= 15 is 0 Å². The van der Waals surface area contributed by atoms with Crippen molar-refractivity contribution in [2.45, 2.75) is 38.6 Å². The van der Waals surface area contributed by atoms with Crippen LogP contribution in [-0.2, 0) is 4.74 Å². The highest BCUT2D eigenvalue weighted by Crippen LogP contribution is 2.44. The molecule has 1 N–H and O–H groups in total. The van der Waals surface area contributed by atoms with Gasteiger partial charge in [-0.15, -0.1) is 0 Å². The van der Waals surface area contributed by atoms with E-state index in [-0.39, 0.29) is 0 Å². The topological polar surface area (TPSA) is 21.3 Å². The summed E-state index contributed by atoms with van der Waals surface area (Å²) in [7, 11) is 0. The molecular weight excluding hydrogens is 174 g/mol. The van der Waals surface area contributed by atoms with Crippen molar-refractivity contribution < 1.29 is 4.74 Å². The highest BCUT2D eigenvalue weighted by Gasteiger charge is 2.41.